The Balaban J connectivity index is 1.81. The van der Waals surface area contributed by atoms with Crippen molar-refractivity contribution in [2.75, 3.05) is 19.8 Å². The molecule has 1 unspecified atom stereocenters. The van der Waals surface area contributed by atoms with Gasteiger partial charge in [0.05, 0.1) is 19.8 Å². The molecule has 1 atom stereocenters. The highest BCUT2D eigenvalue weighted by molar-refractivity contribution is 5.86. The lowest BCUT2D eigenvalue weighted by Crippen LogP contribution is -2.47. The summed E-state index contributed by atoms with van der Waals surface area (Å²) in [6.45, 7) is 9.24. The third kappa shape index (κ3) is 4.30. The first-order chi connectivity index (χ1) is 10.1. The second kappa shape index (κ2) is 7.41. The molecule has 0 aromatic rings. The smallest absolute Gasteiger partial charge is 0.333 e. The van der Waals surface area contributed by atoms with Gasteiger partial charge < -0.3 is 14.2 Å². The summed E-state index contributed by atoms with van der Waals surface area (Å²) in [4.78, 5) is 11.5. The molecule has 120 valence electrons. The highest BCUT2D eigenvalue weighted by Gasteiger charge is 2.40. The predicted octanol–water partition coefficient (Wildman–Crippen LogP) is 3.46. The fourth-order valence-corrected chi connectivity index (χ4v) is 3.15. The molecule has 1 aliphatic heterocycles. The van der Waals surface area contributed by atoms with Gasteiger partial charge in [0.2, 0.25) is 0 Å². The fraction of sp³-hybridized carbons (Fsp3) is 0.824. The van der Waals surface area contributed by atoms with Gasteiger partial charge in [0.25, 0.3) is 0 Å². The average Bonchev–Trinajstić information content (AvgIpc) is 2.50. The van der Waals surface area contributed by atoms with E-state index in [0.717, 1.165) is 19.3 Å². The summed E-state index contributed by atoms with van der Waals surface area (Å²) in [5.74, 6) is -0.0360. The SMILES string of the molecule is C=C(C)C(=O)OCC(CC)C1COC2(CCCCC2)OC1. The van der Waals surface area contributed by atoms with Crippen LogP contribution in [0.1, 0.15) is 52.4 Å². The van der Waals surface area contributed by atoms with E-state index in [1.54, 1.807) is 6.92 Å². The Labute approximate surface area is 127 Å². The summed E-state index contributed by atoms with van der Waals surface area (Å²) in [5, 5.41) is 0. The van der Waals surface area contributed by atoms with Crippen LogP contribution in [0.15, 0.2) is 12.2 Å². The maximum atomic E-state index is 11.5. The molecule has 2 rings (SSSR count). The number of esters is 1. The van der Waals surface area contributed by atoms with Crippen LogP contribution in [-0.2, 0) is 19.0 Å². The first-order valence-electron chi connectivity index (χ1n) is 8.17. The molecule has 0 bridgehead atoms. The fourth-order valence-electron chi connectivity index (χ4n) is 3.15. The number of hydrogen-bond donors (Lipinski definition) is 0. The van der Waals surface area contributed by atoms with E-state index in [4.69, 9.17) is 14.2 Å². The molecule has 0 N–H and O–H groups in total. The van der Waals surface area contributed by atoms with Gasteiger partial charge in [-0.05, 0) is 26.2 Å². The second-order valence-electron chi connectivity index (χ2n) is 6.40. The van der Waals surface area contributed by atoms with E-state index in [1.165, 1.54) is 19.3 Å². The lowest BCUT2D eigenvalue weighted by Gasteiger charge is -2.44. The van der Waals surface area contributed by atoms with Crippen LogP contribution in [0.4, 0.5) is 0 Å². The maximum absolute atomic E-state index is 11.5. The molecule has 0 radical (unpaired) electrons. The molecule has 0 aromatic carbocycles. The largest absolute Gasteiger partial charge is 0.462 e. The Morgan fingerprint density at radius 2 is 1.90 bits per heavy atom. The number of rotatable bonds is 5. The Hall–Kier alpha value is -0.870. The molecule has 0 aromatic heterocycles. The maximum Gasteiger partial charge on any atom is 0.333 e. The Morgan fingerprint density at radius 3 is 2.43 bits per heavy atom. The quantitative estimate of drug-likeness (QED) is 0.576. The monoisotopic (exact) mass is 296 g/mol. The normalized spacial score (nSPS) is 23.7. The Morgan fingerprint density at radius 1 is 1.29 bits per heavy atom. The van der Waals surface area contributed by atoms with Crippen molar-refractivity contribution in [3.63, 3.8) is 0 Å². The average molecular weight is 296 g/mol. The zero-order valence-corrected chi connectivity index (χ0v) is 13.4. The van der Waals surface area contributed by atoms with Gasteiger partial charge in [-0.1, -0.05) is 19.9 Å². The number of carbonyl (C=O) groups excluding carboxylic acids is 1. The zero-order valence-electron chi connectivity index (χ0n) is 13.4. The number of ether oxygens (including phenoxy) is 3. The molecule has 1 heterocycles. The van der Waals surface area contributed by atoms with Gasteiger partial charge in [-0.2, -0.15) is 0 Å². The van der Waals surface area contributed by atoms with E-state index in [9.17, 15) is 4.79 Å². The number of hydrogen-bond acceptors (Lipinski definition) is 4. The van der Waals surface area contributed by atoms with Crippen molar-refractivity contribution < 1.29 is 19.0 Å². The van der Waals surface area contributed by atoms with E-state index in [-0.39, 0.29) is 17.7 Å². The Bertz CT molecular complexity index is 361. The third-order valence-corrected chi connectivity index (χ3v) is 4.70. The van der Waals surface area contributed by atoms with Crippen LogP contribution in [0.5, 0.6) is 0 Å². The van der Waals surface area contributed by atoms with Gasteiger partial charge in [0, 0.05) is 30.3 Å². The van der Waals surface area contributed by atoms with Crippen LogP contribution < -0.4 is 0 Å². The van der Waals surface area contributed by atoms with Crippen molar-refractivity contribution in [2.24, 2.45) is 11.8 Å². The molecule has 4 heteroatoms. The van der Waals surface area contributed by atoms with E-state index >= 15 is 0 Å². The van der Waals surface area contributed by atoms with Crippen molar-refractivity contribution in [1.29, 1.82) is 0 Å². The zero-order chi connectivity index (χ0) is 15.3. The summed E-state index contributed by atoms with van der Waals surface area (Å²) in [6.07, 6.45) is 6.65. The molecule has 1 saturated heterocycles. The van der Waals surface area contributed by atoms with Crippen molar-refractivity contribution in [3.05, 3.63) is 12.2 Å². The molecule has 1 saturated carbocycles. The molecule has 2 fully saturated rings. The summed E-state index contributed by atoms with van der Waals surface area (Å²) in [6, 6.07) is 0. The van der Waals surface area contributed by atoms with Gasteiger partial charge >= 0.3 is 5.97 Å². The summed E-state index contributed by atoms with van der Waals surface area (Å²) in [5.41, 5.74) is 0.446. The first-order valence-corrected chi connectivity index (χ1v) is 8.17. The topological polar surface area (TPSA) is 44.8 Å². The van der Waals surface area contributed by atoms with Gasteiger partial charge in [-0.25, -0.2) is 4.79 Å². The van der Waals surface area contributed by atoms with Crippen LogP contribution in [0, 0.1) is 11.8 Å². The van der Waals surface area contributed by atoms with Crippen molar-refractivity contribution in [1.82, 2.24) is 0 Å². The molecule has 0 amide bonds. The summed E-state index contributed by atoms with van der Waals surface area (Å²) < 4.78 is 17.4. The lowest BCUT2D eigenvalue weighted by atomic mass is 9.88. The third-order valence-electron chi connectivity index (χ3n) is 4.70. The number of carbonyl (C=O) groups is 1. The highest BCUT2D eigenvalue weighted by Crippen LogP contribution is 2.37. The van der Waals surface area contributed by atoms with Gasteiger partial charge in [0.1, 0.15) is 0 Å². The summed E-state index contributed by atoms with van der Waals surface area (Å²) >= 11 is 0. The highest BCUT2D eigenvalue weighted by atomic mass is 16.7. The van der Waals surface area contributed by atoms with Gasteiger partial charge in [0.15, 0.2) is 5.79 Å². The van der Waals surface area contributed by atoms with E-state index < -0.39 is 0 Å². The minimum atomic E-state index is -0.318. The van der Waals surface area contributed by atoms with Crippen molar-refractivity contribution in [3.8, 4) is 0 Å². The Kier molecular flexibility index (Phi) is 5.82. The molecular weight excluding hydrogens is 268 g/mol. The van der Waals surface area contributed by atoms with Crippen molar-refractivity contribution in [2.45, 2.75) is 58.2 Å². The summed E-state index contributed by atoms with van der Waals surface area (Å²) in [7, 11) is 0. The van der Waals surface area contributed by atoms with Crippen molar-refractivity contribution >= 4 is 5.97 Å². The molecule has 1 spiro atoms. The van der Waals surface area contributed by atoms with Gasteiger partial charge in [-0.3, -0.25) is 0 Å². The minimum Gasteiger partial charge on any atom is -0.462 e. The standard InChI is InChI=1S/C17H28O4/c1-4-14(10-19-16(18)13(2)3)15-11-20-17(21-12-15)8-6-5-7-9-17/h14-15H,2,4-12H2,1,3H3. The lowest BCUT2D eigenvalue weighted by molar-refractivity contribution is -0.300. The molecule has 21 heavy (non-hydrogen) atoms. The van der Waals surface area contributed by atoms with E-state index in [0.29, 0.717) is 31.3 Å². The van der Waals surface area contributed by atoms with Crippen LogP contribution in [0.3, 0.4) is 0 Å². The molecule has 2 aliphatic rings. The van der Waals surface area contributed by atoms with Crippen LogP contribution in [-0.4, -0.2) is 31.6 Å². The molecular formula is C17H28O4. The predicted molar refractivity (Wildman–Crippen MR) is 80.8 cm³/mol. The molecule has 4 nitrogen and oxygen atoms in total. The van der Waals surface area contributed by atoms with Crippen LogP contribution in [0.2, 0.25) is 0 Å². The van der Waals surface area contributed by atoms with Crippen LogP contribution in [0.25, 0.3) is 0 Å². The van der Waals surface area contributed by atoms with E-state index in [1.807, 2.05) is 0 Å². The first kappa shape index (κ1) is 16.5. The van der Waals surface area contributed by atoms with Crippen LogP contribution >= 0.6 is 0 Å². The minimum absolute atomic E-state index is 0.286. The van der Waals surface area contributed by atoms with E-state index in [2.05, 4.69) is 13.5 Å². The van der Waals surface area contributed by atoms with Gasteiger partial charge in [-0.15, -0.1) is 0 Å². The molecule has 1 aliphatic carbocycles. The second-order valence-corrected chi connectivity index (χ2v) is 6.40.